The Morgan fingerprint density at radius 3 is 2.47 bits per heavy atom. The lowest BCUT2D eigenvalue weighted by Gasteiger charge is -2.20. The number of hydrogen-bond acceptors (Lipinski definition) is 6. The Morgan fingerprint density at radius 1 is 1.20 bits per heavy atom. The summed E-state index contributed by atoms with van der Waals surface area (Å²) in [6.45, 7) is 3.75. The number of carbonyl (C=O) groups excluding carboxylic acids is 1. The van der Waals surface area contributed by atoms with Crippen LogP contribution < -0.4 is 9.62 Å². The molecule has 8 nitrogen and oxygen atoms in total. The molecule has 2 aromatic carbocycles. The molecule has 1 amide bonds. The average molecular weight is 447 g/mol. The monoisotopic (exact) mass is 446 g/mol. The normalized spacial score (nSPS) is 11.1. The van der Waals surface area contributed by atoms with E-state index >= 15 is 0 Å². The van der Waals surface area contributed by atoms with Gasteiger partial charge in [0.25, 0.3) is 5.91 Å². The topological polar surface area (TPSA) is 105 Å². The zero-order valence-corrected chi connectivity index (χ0v) is 17.7. The maximum Gasteiger partial charge on any atom is 0.251 e. The number of benzene rings is 2. The second-order valence-electron chi connectivity index (χ2n) is 6.33. The van der Waals surface area contributed by atoms with Gasteiger partial charge in [-0.05, 0) is 48.5 Å². The number of nitrogens with one attached hydrogen (secondary N) is 1. The van der Waals surface area contributed by atoms with Crippen molar-refractivity contribution in [2.24, 2.45) is 0 Å². The molecule has 0 unspecified atom stereocenters. The summed E-state index contributed by atoms with van der Waals surface area (Å²) in [7, 11) is -3.46. The number of hydrogen-bond donors (Lipinski definition) is 1. The number of amides is 1. The van der Waals surface area contributed by atoms with Gasteiger partial charge < -0.3 is 9.84 Å². The third-order valence-corrected chi connectivity index (χ3v) is 5.50. The van der Waals surface area contributed by atoms with E-state index in [-0.39, 0.29) is 24.9 Å². The molecule has 0 spiro atoms. The number of anilines is 1. The molecule has 30 heavy (non-hydrogen) atoms. The molecule has 1 N–H and O–H groups in total. The van der Waals surface area contributed by atoms with E-state index in [1.807, 2.05) is 0 Å². The molecule has 0 atom stereocenters. The number of halogens is 1. The molecule has 1 aromatic heterocycles. The lowest BCUT2D eigenvalue weighted by molar-refractivity contribution is 0.0946. The van der Waals surface area contributed by atoms with Gasteiger partial charge in [-0.25, -0.2) is 8.42 Å². The molecular formula is C20H19ClN4O4S. The van der Waals surface area contributed by atoms with Crippen LogP contribution in [0.1, 0.15) is 16.2 Å². The van der Waals surface area contributed by atoms with Gasteiger partial charge in [0.05, 0.1) is 25.0 Å². The Bertz CT molecular complexity index is 1140. The van der Waals surface area contributed by atoms with Crippen molar-refractivity contribution in [3.8, 4) is 11.4 Å². The molecule has 10 heteroatoms. The molecule has 0 bridgehead atoms. The first-order chi connectivity index (χ1) is 14.3. The van der Waals surface area contributed by atoms with Crippen LogP contribution in [0.25, 0.3) is 11.4 Å². The van der Waals surface area contributed by atoms with E-state index in [2.05, 4.69) is 22.0 Å². The summed E-state index contributed by atoms with van der Waals surface area (Å²) in [6.07, 6.45) is 2.60. The van der Waals surface area contributed by atoms with Crippen LogP contribution in [0.4, 0.5) is 5.69 Å². The van der Waals surface area contributed by atoms with Crippen molar-refractivity contribution >= 4 is 33.2 Å². The van der Waals surface area contributed by atoms with Crippen LogP contribution in [0.2, 0.25) is 5.02 Å². The first-order valence-electron chi connectivity index (χ1n) is 8.83. The first-order valence-corrected chi connectivity index (χ1v) is 11.1. The van der Waals surface area contributed by atoms with Crippen LogP contribution in [-0.4, -0.2) is 37.3 Å². The lowest BCUT2D eigenvalue weighted by atomic mass is 10.2. The van der Waals surface area contributed by atoms with Crippen molar-refractivity contribution < 1.29 is 17.7 Å². The van der Waals surface area contributed by atoms with E-state index in [9.17, 15) is 13.2 Å². The summed E-state index contributed by atoms with van der Waals surface area (Å²) in [6, 6.07) is 13.2. The van der Waals surface area contributed by atoms with Gasteiger partial charge in [-0.1, -0.05) is 22.8 Å². The zero-order valence-electron chi connectivity index (χ0n) is 16.1. The summed E-state index contributed by atoms with van der Waals surface area (Å²) in [5.74, 6) is 0.282. The molecule has 0 saturated heterocycles. The second-order valence-corrected chi connectivity index (χ2v) is 8.67. The van der Waals surface area contributed by atoms with Gasteiger partial charge in [0.2, 0.25) is 21.7 Å². The van der Waals surface area contributed by atoms with E-state index in [0.717, 1.165) is 11.8 Å². The smallest absolute Gasteiger partial charge is 0.251 e. The third kappa shape index (κ3) is 5.25. The van der Waals surface area contributed by atoms with Crippen LogP contribution in [0, 0.1) is 0 Å². The molecule has 0 aliphatic rings. The minimum absolute atomic E-state index is 0.0487. The van der Waals surface area contributed by atoms with E-state index in [4.69, 9.17) is 16.1 Å². The van der Waals surface area contributed by atoms with Crippen LogP contribution >= 0.6 is 11.6 Å². The van der Waals surface area contributed by atoms with Gasteiger partial charge in [0.15, 0.2) is 0 Å². The average Bonchev–Trinajstić information content (AvgIpc) is 3.19. The van der Waals surface area contributed by atoms with Gasteiger partial charge in [-0.15, -0.1) is 6.58 Å². The zero-order chi connectivity index (χ0) is 21.7. The first kappa shape index (κ1) is 21.5. The van der Waals surface area contributed by atoms with Crippen LogP contribution in [0.5, 0.6) is 0 Å². The highest BCUT2D eigenvalue weighted by Crippen LogP contribution is 2.20. The molecule has 0 aliphatic carbocycles. The van der Waals surface area contributed by atoms with Crippen LogP contribution in [-0.2, 0) is 16.6 Å². The third-order valence-electron chi connectivity index (χ3n) is 4.08. The number of rotatable bonds is 8. The maximum absolute atomic E-state index is 12.4. The highest BCUT2D eigenvalue weighted by molar-refractivity contribution is 7.92. The van der Waals surface area contributed by atoms with Gasteiger partial charge >= 0.3 is 0 Å². The SMILES string of the molecule is C=CCN(c1ccc(C(=O)NCc2nc(-c3ccc(Cl)cc3)no2)cc1)S(C)(=O)=O. The van der Waals surface area contributed by atoms with Crippen molar-refractivity contribution in [1.29, 1.82) is 0 Å². The number of sulfonamides is 1. The fraction of sp³-hybridized carbons (Fsp3) is 0.150. The Morgan fingerprint density at radius 2 is 1.87 bits per heavy atom. The Kier molecular flexibility index (Phi) is 6.53. The van der Waals surface area contributed by atoms with Gasteiger partial charge in [0.1, 0.15) is 0 Å². The largest absolute Gasteiger partial charge is 0.343 e. The van der Waals surface area contributed by atoms with E-state index in [1.54, 1.807) is 48.5 Å². The molecule has 0 fully saturated rings. The minimum Gasteiger partial charge on any atom is -0.343 e. The molecule has 3 rings (SSSR count). The molecule has 0 aliphatic heterocycles. The number of nitrogens with zero attached hydrogens (tertiary/aromatic N) is 3. The Labute approximate surface area is 179 Å². The van der Waals surface area contributed by atoms with Gasteiger partial charge in [-0.2, -0.15) is 4.98 Å². The van der Waals surface area contributed by atoms with Crippen molar-refractivity contribution in [1.82, 2.24) is 15.5 Å². The highest BCUT2D eigenvalue weighted by atomic mass is 35.5. The van der Waals surface area contributed by atoms with E-state index in [1.165, 1.54) is 10.4 Å². The molecule has 0 radical (unpaired) electrons. The van der Waals surface area contributed by atoms with Gasteiger partial charge in [0, 0.05) is 16.1 Å². The Balaban J connectivity index is 1.64. The second kappa shape index (κ2) is 9.10. The molecule has 1 heterocycles. The molecule has 156 valence electrons. The van der Waals surface area contributed by atoms with Crippen molar-refractivity contribution in [2.45, 2.75) is 6.54 Å². The van der Waals surface area contributed by atoms with Crippen molar-refractivity contribution in [3.05, 3.63) is 77.7 Å². The van der Waals surface area contributed by atoms with Crippen LogP contribution in [0.15, 0.2) is 65.7 Å². The summed E-state index contributed by atoms with van der Waals surface area (Å²) >= 11 is 5.86. The summed E-state index contributed by atoms with van der Waals surface area (Å²) in [4.78, 5) is 16.6. The highest BCUT2D eigenvalue weighted by Gasteiger charge is 2.17. The van der Waals surface area contributed by atoms with E-state index < -0.39 is 10.0 Å². The quantitative estimate of drug-likeness (QED) is 0.532. The maximum atomic E-state index is 12.4. The summed E-state index contributed by atoms with van der Waals surface area (Å²) < 4.78 is 30.1. The van der Waals surface area contributed by atoms with Crippen molar-refractivity contribution in [3.63, 3.8) is 0 Å². The molecule has 0 saturated carbocycles. The minimum atomic E-state index is -3.46. The predicted molar refractivity (Wildman–Crippen MR) is 115 cm³/mol. The Hall–Kier alpha value is -3.17. The number of aromatic nitrogens is 2. The lowest BCUT2D eigenvalue weighted by Crippen LogP contribution is -2.30. The standard InChI is InChI=1S/C20H19ClN4O4S/c1-3-12-25(30(2,27)28)17-10-6-15(7-11-17)20(26)22-13-18-23-19(24-29-18)14-4-8-16(21)9-5-14/h3-11H,1,12-13H2,2H3,(H,22,26). The number of carbonyl (C=O) groups is 1. The molecule has 3 aromatic rings. The summed E-state index contributed by atoms with van der Waals surface area (Å²) in [5.41, 5.74) is 1.55. The van der Waals surface area contributed by atoms with E-state index in [0.29, 0.717) is 22.1 Å². The molecular weight excluding hydrogens is 428 g/mol. The predicted octanol–water partition coefficient (Wildman–Crippen LogP) is 3.27. The summed E-state index contributed by atoms with van der Waals surface area (Å²) in [5, 5.41) is 7.18. The van der Waals surface area contributed by atoms with Gasteiger partial charge in [-0.3, -0.25) is 9.10 Å². The van der Waals surface area contributed by atoms with Crippen molar-refractivity contribution in [2.75, 3.05) is 17.1 Å². The fourth-order valence-corrected chi connectivity index (χ4v) is 3.64. The fourth-order valence-electron chi connectivity index (χ4n) is 2.63. The van der Waals surface area contributed by atoms with Crippen LogP contribution in [0.3, 0.4) is 0 Å².